The molecule has 2 heterocycles. The highest BCUT2D eigenvalue weighted by Gasteiger charge is 2.39. The van der Waals surface area contributed by atoms with Crippen molar-refractivity contribution in [3.8, 4) is 11.4 Å². The summed E-state index contributed by atoms with van der Waals surface area (Å²) < 4.78 is 104. The van der Waals surface area contributed by atoms with Gasteiger partial charge >= 0.3 is 18.0 Å². The Balaban J connectivity index is 1.98. The first-order valence-corrected chi connectivity index (χ1v) is 14.9. The minimum absolute atomic E-state index is 0.0600. The molecule has 1 N–H and O–H groups in total. The van der Waals surface area contributed by atoms with Crippen LogP contribution in [0.4, 0.5) is 26.3 Å². The highest BCUT2D eigenvalue weighted by atomic mass is 35.5. The number of aromatic nitrogens is 6. The van der Waals surface area contributed by atoms with E-state index in [1.165, 1.54) is 24.3 Å². The molecule has 1 aromatic carbocycles. The number of alkyl halides is 6. The lowest BCUT2D eigenvalue weighted by atomic mass is 9.90. The van der Waals surface area contributed by atoms with E-state index < -0.39 is 65.5 Å². The molecular weight excluding hydrogens is 618 g/mol. The topological polar surface area (TPSA) is 125 Å². The third-order valence-corrected chi connectivity index (χ3v) is 7.69. The fraction of sp³-hybridized carbons (Fsp3) is 0.583. The zero-order valence-corrected chi connectivity index (χ0v) is 24.3. The van der Waals surface area contributed by atoms with Gasteiger partial charge < -0.3 is 5.11 Å². The molecule has 0 unspecified atom stereocenters. The van der Waals surface area contributed by atoms with E-state index in [1.54, 1.807) is 13.8 Å². The first-order chi connectivity index (χ1) is 19.1. The van der Waals surface area contributed by atoms with Crippen molar-refractivity contribution in [1.82, 2.24) is 29.1 Å². The van der Waals surface area contributed by atoms with Gasteiger partial charge in [0.05, 0.1) is 25.3 Å². The van der Waals surface area contributed by atoms with Crippen molar-refractivity contribution in [3.05, 3.63) is 51.4 Å². The molecule has 2 aromatic heterocycles. The van der Waals surface area contributed by atoms with Crippen LogP contribution in [-0.2, 0) is 35.9 Å². The lowest BCUT2D eigenvalue weighted by molar-refractivity contribution is -0.207. The maximum Gasteiger partial charge on any atom is 0.416 e. The van der Waals surface area contributed by atoms with Crippen LogP contribution in [0, 0.1) is 5.41 Å². The van der Waals surface area contributed by atoms with E-state index in [2.05, 4.69) is 15.2 Å². The molecule has 3 aromatic rings. The average molecular weight is 647 g/mol. The molecule has 42 heavy (non-hydrogen) atoms. The van der Waals surface area contributed by atoms with E-state index in [0.717, 1.165) is 15.6 Å². The Bertz CT molecular complexity index is 1550. The van der Waals surface area contributed by atoms with Crippen LogP contribution in [0.2, 0.25) is 5.02 Å². The van der Waals surface area contributed by atoms with Crippen molar-refractivity contribution in [2.75, 3.05) is 12.0 Å². The number of nitrogens with zero attached hydrogens (tertiary/aromatic N) is 6. The summed E-state index contributed by atoms with van der Waals surface area (Å²) in [5, 5.41) is 18.1. The number of aryl methyl sites for hydroxylation is 2. The fourth-order valence-corrected chi connectivity index (χ4v) is 5.94. The van der Waals surface area contributed by atoms with Gasteiger partial charge in [0.1, 0.15) is 22.2 Å². The average Bonchev–Trinajstić information content (AvgIpc) is 3.35. The molecule has 18 heteroatoms. The van der Waals surface area contributed by atoms with Crippen LogP contribution in [-0.4, -0.2) is 73.1 Å². The number of rotatable bonds is 12. The molecule has 0 bridgehead atoms. The molecule has 0 aliphatic rings. The quantitative estimate of drug-likeness (QED) is 0.296. The number of aliphatic hydroxyl groups excluding tert-OH is 1. The van der Waals surface area contributed by atoms with E-state index in [-0.39, 0.29) is 41.6 Å². The van der Waals surface area contributed by atoms with Crippen LogP contribution in [0.3, 0.4) is 0 Å². The lowest BCUT2D eigenvalue weighted by Gasteiger charge is -2.23. The Morgan fingerprint density at radius 2 is 1.62 bits per heavy atom. The normalized spacial score (nSPS) is 14.0. The molecule has 0 saturated heterocycles. The Morgan fingerprint density at radius 3 is 2.17 bits per heavy atom. The van der Waals surface area contributed by atoms with E-state index in [1.807, 2.05) is 0 Å². The first-order valence-electron chi connectivity index (χ1n) is 12.5. The van der Waals surface area contributed by atoms with E-state index in [0.29, 0.717) is 9.59 Å². The minimum Gasteiger partial charge on any atom is -0.382 e. The van der Waals surface area contributed by atoms with Gasteiger partial charge in [0.15, 0.2) is 17.8 Å². The molecule has 1 atom stereocenters. The number of sulfone groups is 1. The molecule has 0 spiro atoms. The second-order valence-corrected chi connectivity index (χ2v) is 13.3. The molecule has 0 radical (unpaired) electrons. The van der Waals surface area contributed by atoms with Crippen LogP contribution < -0.4 is 5.69 Å². The smallest absolute Gasteiger partial charge is 0.382 e. The van der Waals surface area contributed by atoms with Gasteiger partial charge in [0.2, 0.25) is 0 Å². The summed E-state index contributed by atoms with van der Waals surface area (Å²) in [5.41, 5.74) is -1.58. The van der Waals surface area contributed by atoms with Gasteiger partial charge in [0, 0.05) is 23.3 Å². The maximum absolute atomic E-state index is 13.1. The van der Waals surface area contributed by atoms with Gasteiger partial charge in [-0.1, -0.05) is 25.4 Å². The minimum atomic E-state index is -5.03. The van der Waals surface area contributed by atoms with E-state index in [4.69, 9.17) is 11.6 Å². The molecule has 0 saturated carbocycles. The Morgan fingerprint density at radius 1 is 1.00 bits per heavy atom. The van der Waals surface area contributed by atoms with Crippen molar-refractivity contribution in [3.63, 3.8) is 0 Å². The third kappa shape index (κ3) is 9.55. The van der Waals surface area contributed by atoms with Gasteiger partial charge in [-0.15, -0.1) is 5.10 Å². The van der Waals surface area contributed by atoms with E-state index in [9.17, 15) is 44.7 Å². The van der Waals surface area contributed by atoms with Gasteiger partial charge in [0.25, 0.3) is 0 Å². The molecule has 10 nitrogen and oxygen atoms in total. The van der Waals surface area contributed by atoms with E-state index >= 15 is 0 Å². The van der Waals surface area contributed by atoms with Crippen molar-refractivity contribution in [2.45, 2.75) is 71.2 Å². The van der Waals surface area contributed by atoms with Gasteiger partial charge in [-0.2, -0.15) is 31.4 Å². The number of halogens is 7. The molecule has 234 valence electrons. The van der Waals surface area contributed by atoms with Crippen molar-refractivity contribution < 1.29 is 39.9 Å². The zero-order valence-electron chi connectivity index (χ0n) is 22.7. The summed E-state index contributed by atoms with van der Waals surface area (Å²) in [5.74, 6) is -0.431. The number of benzene rings is 1. The molecule has 0 amide bonds. The van der Waals surface area contributed by atoms with Crippen LogP contribution in [0.15, 0.2) is 29.1 Å². The highest BCUT2D eigenvalue weighted by Crippen LogP contribution is 2.27. The standard InChI is InChI=1S/C24H29ClF6N6O4S/c1-22(2,14-42(3,40)41)9-8-19-32-18(33-36(19)11-10-23(26,27)28)13-37-21(39)35(12-17(38)24(29,30)31)20(34-37)15-4-6-16(25)7-5-15/h4-7,17,38H,8-14H2,1-3H3/t17-/m0/s1. The van der Waals surface area contributed by atoms with Crippen LogP contribution in [0.1, 0.15) is 38.3 Å². The summed E-state index contributed by atoms with van der Waals surface area (Å²) in [7, 11) is -3.35. The predicted octanol–water partition coefficient (Wildman–Crippen LogP) is 3.88. The Labute approximate surface area is 241 Å². The van der Waals surface area contributed by atoms with Crippen molar-refractivity contribution in [1.29, 1.82) is 0 Å². The zero-order chi connectivity index (χ0) is 31.7. The Kier molecular flexibility index (Phi) is 9.88. The summed E-state index contributed by atoms with van der Waals surface area (Å²) in [6, 6.07) is 5.66. The molecule has 0 aliphatic heterocycles. The monoisotopic (exact) mass is 646 g/mol. The summed E-state index contributed by atoms with van der Waals surface area (Å²) >= 11 is 5.88. The van der Waals surface area contributed by atoms with Gasteiger partial charge in [-0.3, -0.25) is 4.57 Å². The first kappa shape index (κ1) is 33.6. The number of hydrogen-bond donors (Lipinski definition) is 1. The Hall–Kier alpha value is -2.92. The SMILES string of the molecule is CC(C)(CCc1nc(Cn2nc(-c3ccc(Cl)cc3)n(C[C@H](O)C(F)(F)F)c2=O)nn1CCC(F)(F)F)CS(C)(=O)=O. The van der Waals surface area contributed by atoms with Crippen molar-refractivity contribution in [2.24, 2.45) is 5.41 Å². The summed E-state index contributed by atoms with van der Waals surface area (Å²) in [6.07, 6.45) is -12.3. The fourth-order valence-electron chi connectivity index (χ4n) is 4.25. The van der Waals surface area contributed by atoms with Crippen molar-refractivity contribution >= 4 is 21.4 Å². The van der Waals surface area contributed by atoms with Gasteiger partial charge in [-0.25, -0.2) is 27.6 Å². The summed E-state index contributed by atoms with van der Waals surface area (Å²) in [6.45, 7) is 1.09. The van der Waals surface area contributed by atoms with Crippen LogP contribution in [0.25, 0.3) is 11.4 Å². The number of aliphatic hydroxyl groups is 1. The predicted molar refractivity (Wildman–Crippen MR) is 141 cm³/mol. The second-order valence-electron chi connectivity index (χ2n) is 10.7. The maximum atomic E-state index is 13.1. The number of hydrogen-bond acceptors (Lipinski definition) is 7. The molecule has 3 rings (SSSR count). The molecule has 0 aliphatic carbocycles. The van der Waals surface area contributed by atoms with Crippen LogP contribution in [0.5, 0.6) is 0 Å². The third-order valence-electron chi connectivity index (χ3n) is 6.13. The molecule has 0 fully saturated rings. The largest absolute Gasteiger partial charge is 0.416 e. The highest BCUT2D eigenvalue weighted by molar-refractivity contribution is 7.90. The lowest BCUT2D eigenvalue weighted by Crippen LogP contribution is -2.37. The summed E-state index contributed by atoms with van der Waals surface area (Å²) in [4.78, 5) is 17.4. The second kappa shape index (κ2) is 12.4. The van der Waals surface area contributed by atoms with Gasteiger partial charge in [-0.05, 0) is 36.1 Å². The van der Waals surface area contributed by atoms with Crippen LogP contribution >= 0.6 is 11.6 Å². The molecular formula is C24H29ClF6N6O4S.